The molecule has 0 saturated heterocycles. The molecule has 3 aromatic rings. The fourth-order valence-electron chi connectivity index (χ4n) is 3.90. The van der Waals surface area contributed by atoms with Gasteiger partial charge in [-0.15, -0.1) is 0 Å². The summed E-state index contributed by atoms with van der Waals surface area (Å²) in [7, 11) is 0. The van der Waals surface area contributed by atoms with Crippen LogP contribution in [0.1, 0.15) is 28.3 Å². The van der Waals surface area contributed by atoms with Crippen molar-refractivity contribution in [2.75, 3.05) is 13.2 Å². The van der Waals surface area contributed by atoms with Crippen LogP contribution < -0.4 is 4.74 Å². The summed E-state index contributed by atoms with van der Waals surface area (Å²) in [6.45, 7) is -0.105. The molecule has 0 aliphatic carbocycles. The predicted octanol–water partition coefficient (Wildman–Crippen LogP) is 4.57. The van der Waals surface area contributed by atoms with Crippen LogP contribution in [-0.4, -0.2) is 35.2 Å². The van der Waals surface area contributed by atoms with Crippen molar-refractivity contribution in [1.29, 1.82) is 0 Å². The van der Waals surface area contributed by atoms with Crippen LogP contribution in [0.2, 0.25) is 0 Å². The van der Waals surface area contributed by atoms with E-state index in [1.54, 1.807) is 0 Å². The predicted molar refractivity (Wildman–Crippen MR) is 115 cm³/mol. The van der Waals surface area contributed by atoms with Crippen LogP contribution in [0.5, 0.6) is 5.75 Å². The zero-order chi connectivity index (χ0) is 22.5. The lowest BCUT2D eigenvalue weighted by Crippen LogP contribution is -2.41. The number of fused-ring (bicyclic) bond motifs is 1. The monoisotopic (exact) mass is 435 g/mol. The second kappa shape index (κ2) is 9.51. The smallest absolute Gasteiger partial charge is 0.410 e. The summed E-state index contributed by atoms with van der Waals surface area (Å²) >= 11 is 0. The number of halogens is 1. The highest BCUT2D eigenvalue weighted by Crippen LogP contribution is 2.40. The van der Waals surface area contributed by atoms with Crippen LogP contribution in [-0.2, 0) is 22.6 Å². The van der Waals surface area contributed by atoms with E-state index in [9.17, 15) is 14.0 Å². The van der Waals surface area contributed by atoms with Gasteiger partial charge in [0.25, 0.3) is 0 Å². The Morgan fingerprint density at radius 2 is 1.75 bits per heavy atom. The Bertz CT molecular complexity index is 1120. The number of aliphatic carboxylic acids is 1. The highest BCUT2D eigenvalue weighted by molar-refractivity contribution is 5.71. The number of carboxylic acid groups (broad SMARTS) is 1. The lowest BCUT2D eigenvalue weighted by Gasteiger charge is -2.37. The summed E-state index contributed by atoms with van der Waals surface area (Å²) in [4.78, 5) is 25.7. The second-order valence-corrected chi connectivity index (χ2v) is 7.45. The van der Waals surface area contributed by atoms with Gasteiger partial charge < -0.3 is 14.6 Å². The Kier molecular flexibility index (Phi) is 6.35. The van der Waals surface area contributed by atoms with E-state index in [-0.39, 0.29) is 12.4 Å². The summed E-state index contributed by atoms with van der Waals surface area (Å²) in [6, 6.07) is 20.1. The molecule has 0 fully saturated rings. The van der Waals surface area contributed by atoms with Gasteiger partial charge in [-0.05, 0) is 41.3 Å². The van der Waals surface area contributed by atoms with Crippen molar-refractivity contribution < 1.29 is 28.6 Å². The fraction of sp³-hybridized carbons (Fsp3) is 0.200. The molecule has 6 nitrogen and oxygen atoms in total. The van der Waals surface area contributed by atoms with Crippen LogP contribution in [0.25, 0.3) is 0 Å². The molecule has 32 heavy (non-hydrogen) atoms. The Balaban J connectivity index is 1.69. The first kappa shape index (κ1) is 21.4. The maximum Gasteiger partial charge on any atom is 0.410 e. The first-order chi connectivity index (χ1) is 15.5. The molecule has 1 heterocycles. The molecule has 7 heteroatoms. The molecule has 0 saturated carbocycles. The number of amides is 1. The highest BCUT2D eigenvalue weighted by Gasteiger charge is 2.35. The third kappa shape index (κ3) is 4.72. The molecule has 1 aliphatic heterocycles. The lowest BCUT2D eigenvalue weighted by atomic mass is 9.88. The van der Waals surface area contributed by atoms with E-state index in [0.717, 1.165) is 16.7 Å². The van der Waals surface area contributed by atoms with E-state index in [4.69, 9.17) is 14.6 Å². The summed E-state index contributed by atoms with van der Waals surface area (Å²) in [6.07, 6.45) is 0.0788. The van der Waals surface area contributed by atoms with E-state index < -0.39 is 30.5 Å². The van der Waals surface area contributed by atoms with Gasteiger partial charge in [-0.1, -0.05) is 54.6 Å². The molecule has 1 aliphatic rings. The Labute approximate surface area is 184 Å². The summed E-state index contributed by atoms with van der Waals surface area (Å²) < 4.78 is 25.3. The van der Waals surface area contributed by atoms with E-state index in [2.05, 4.69) is 0 Å². The Morgan fingerprint density at radius 1 is 1.00 bits per heavy atom. The number of carbonyl (C=O) groups excluding carboxylic acids is 1. The van der Waals surface area contributed by atoms with Gasteiger partial charge in [-0.3, -0.25) is 4.90 Å². The van der Waals surface area contributed by atoms with Crippen LogP contribution >= 0.6 is 0 Å². The minimum Gasteiger partial charge on any atom is -0.482 e. The first-order valence-corrected chi connectivity index (χ1v) is 10.2. The molecule has 4 rings (SSSR count). The number of carboxylic acids is 1. The lowest BCUT2D eigenvalue weighted by molar-refractivity contribution is -0.139. The largest absolute Gasteiger partial charge is 0.482 e. The molecule has 0 aromatic heterocycles. The molecule has 1 N–H and O–H groups in total. The normalized spacial score (nSPS) is 15.0. The summed E-state index contributed by atoms with van der Waals surface area (Å²) in [5.41, 5.74) is 3.07. The van der Waals surface area contributed by atoms with Crippen LogP contribution in [0.15, 0.2) is 72.8 Å². The Morgan fingerprint density at radius 3 is 2.53 bits per heavy atom. The highest BCUT2D eigenvalue weighted by atomic mass is 19.1. The van der Waals surface area contributed by atoms with Crippen molar-refractivity contribution in [3.63, 3.8) is 0 Å². The van der Waals surface area contributed by atoms with Crippen molar-refractivity contribution in [2.45, 2.75) is 19.1 Å². The maximum atomic E-state index is 14.3. The van der Waals surface area contributed by atoms with E-state index in [1.165, 1.54) is 23.1 Å². The number of benzene rings is 3. The van der Waals surface area contributed by atoms with E-state index in [1.807, 2.05) is 54.6 Å². The number of carbonyl (C=O) groups is 2. The third-order valence-electron chi connectivity index (χ3n) is 5.34. The molecule has 0 bridgehead atoms. The fourth-order valence-corrected chi connectivity index (χ4v) is 3.90. The number of rotatable bonds is 6. The molecule has 0 spiro atoms. The van der Waals surface area contributed by atoms with Gasteiger partial charge in [-0.2, -0.15) is 0 Å². The number of nitrogens with zero attached hydrogens (tertiary/aromatic N) is 1. The van der Waals surface area contributed by atoms with Gasteiger partial charge in [0.1, 0.15) is 18.2 Å². The van der Waals surface area contributed by atoms with Crippen LogP contribution in [0.3, 0.4) is 0 Å². The van der Waals surface area contributed by atoms with Gasteiger partial charge in [0.2, 0.25) is 0 Å². The topological polar surface area (TPSA) is 76.1 Å². The van der Waals surface area contributed by atoms with E-state index >= 15 is 0 Å². The quantitative estimate of drug-likeness (QED) is 0.614. The average Bonchev–Trinajstić information content (AvgIpc) is 2.81. The first-order valence-electron chi connectivity index (χ1n) is 10.2. The van der Waals surface area contributed by atoms with Crippen molar-refractivity contribution >= 4 is 12.1 Å². The molecule has 164 valence electrons. The van der Waals surface area contributed by atoms with Crippen molar-refractivity contribution in [1.82, 2.24) is 4.90 Å². The summed E-state index contributed by atoms with van der Waals surface area (Å²) in [5.74, 6) is -1.46. The third-order valence-corrected chi connectivity index (χ3v) is 5.34. The maximum absolute atomic E-state index is 14.3. The molecule has 1 atom stereocenters. The van der Waals surface area contributed by atoms with Gasteiger partial charge in [-0.25, -0.2) is 14.0 Å². The number of ether oxygens (including phenoxy) is 2. The molecule has 1 unspecified atom stereocenters. The molecule has 3 aromatic carbocycles. The SMILES string of the molecule is O=C(O)COc1ccc(F)cc1C1c2ccccc2CCN1C(=O)OCc1ccccc1. The van der Waals surface area contributed by atoms with Crippen molar-refractivity contribution in [3.05, 3.63) is 101 Å². The van der Waals surface area contributed by atoms with E-state index in [0.29, 0.717) is 18.5 Å². The number of hydrogen-bond acceptors (Lipinski definition) is 4. The van der Waals surface area contributed by atoms with Gasteiger partial charge in [0.05, 0.1) is 6.04 Å². The minimum atomic E-state index is -1.15. The minimum absolute atomic E-state index is 0.107. The van der Waals surface area contributed by atoms with Crippen LogP contribution in [0, 0.1) is 5.82 Å². The number of hydrogen-bond donors (Lipinski definition) is 1. The van der Waals surface area contributed by atoms with Gasteiger partial charge in [0.15, 0.2) is 6.61 Å². The molecule has 0 radical (unpaired) electrons. The van der Waals surface area contributed by atoms with Gasteiger partial charge >= 0.3 is 12.1 Å². The zero-order valence-electron chi connectivity index (χ0n) is 17.2. The average molecular weight is 435 g/mol. The van der Waals surface area contributed by atoms with Crippen molar-refractivity contribution in [2.24, 2.45) is 0 Å². The van der Waals surface area contributed by atoms with Crippen LogP contribution in [0.4, 0.5) is 9.18 Å². The second-order valence-electron chi connectivity index (χ2n) is 7.45. The van der Waals surface area contributed by atoms with Crippen molar-refractivity contribution in [3.8, 4) is 5.75 Å². The molecule has 1 amide bonds. The summed E-state index contributed by atoms with van der Waals surface area (Å²) in [5, 5.41) is 9.02. The molecular formula is C25H22FNO5. The molecular weight excluding hydrogens is 413 g/mol. The van der Waals surface area contributed by atoms with Gasteiger partial charge in [0, 0.05) is 12.1 Å². The standard InChI is InChI=1S/C25H22FNO5/c26-19-10-11-22(31-16-23(28)29)21(14-19)24-20-9-5-4-8-18(20)12-13-27(24)25(30)32-15-17-6-2-1-3-7-17/h1-11,14,24H,12-13,15-16H2,(H,28,29). The Hall–Kier alpha value is -3.87. The zero-order valence-corrected chi connectivity index (χ0v) is 17.2.